The molecule has 8 heteroatoms. The van der Waals surface area contributed by atoms with Gasteiger partial charge in [-0.15, -0.1) is 0 Å². The molecule has 1 fully saturated rings. The molecule has 1 aromatic carbocycles. The summed E-state index contributed by atoms with van der Waals surface area (Å²) in [6.45, 7) is 7.53. The lowest BCUT2D eigenvalue weighted by Gasteiger charge is -2.23. The van der Waals surface area contributed by atoms with E-state index in [1.807, 2.05) is 24.8 Å². The third-order valence-electron chi connectivity index (χ3n) is 5.57. The van der Waals surface area contributed by atoms with Gasteiger partial charge in [0.1, 0.15) is 11.6 Å². The van der Waals surface area contributed by atoms with Crippen molar-refractivity contribution in [2.75, 3.05) is 44.4 Å². The number of piperidine rings is 1. The van der Waals surface area contributed by atoms with Crippen molar-refractivity contribution < 1.29 is 0 Å². The predicted octanol–water partition coefficient (Wildman–Crippen LogP) is 4.58. The molecule has 4 rings (SSSR count). The Morgan fingerprint density at radius 1 is 1.19 bits per heavy atom. The summed E-state index contributed by atoms with van der Waals surface area (Å²) in [5, 5.41) is 15.2. The standard InChI is InChI=1S/C23H33N7S/c1-16(2)20-15-26-30-22(27-18-5-7-19(8-6-18)31-29(3)4)13-21(28-23(20)30)25-14-17-9-11-24-12-10-17/h5-8,13,15-17,24,27H,9-12,14H2,1-4H3,(H,25,28). The van der Waals surface area contributed by atoms with Crippen LogP contribution in [-0.2, 0) is 0 Å². The minimum Gasteiger partial charge on any atom is -0.370 e. The molecule has 3 aromatic rings. The van der Waals surface area contributed by atoms with Gasteiger partial charge in [0.25, 0.3) is 0 Å². The molecule has 3 N–H and O–H groups in total. The highest BCUT2D eigenvalue weighted by atomic mass is 32.2. The van der Waals surface area contributed by atoms with E-state index in [-0.39, 0.29) is 0 Å². The third kappa shape index (κ3) is 5.50. The van der Waals surface area contributed by atoms with Crippen LogP contribution in [-0.4, -0.2) is 52.6 Å². The molecule has 0 bridgehead atoms. The lowest BCUT2D eigenvalue weighted by Crippen LogP contribution is -2.31. The number of benzene rings is 1. The lowest BCUT2D eigenvalue weighted by atomic mass is 9.98. The molecular weight excluding hydrogens is 406 g/mol. The molecule has 1 aliphatic rings. The van der Waals surface area contributed by atoms with Crippen molar-refractivity contribution in [3.05, 3.63) is 42.1 Å². The second kappa shape index (κ2) is 9.89. The number of anilines is 3. The molecule has 3 heterocycles. The minimum absolute atomic E-state index is 0.361. The van der Waals surface area contributed by atoms with Gasteiger partial charge in [-0.1, -0.05) is 13.8 Å². The van der Waals surface area contributed by atoms with Gasteiger partial charge in [0.15, 0.2) is 5.65 Å². The Hall–Kier alpha value is -2.29. The molecule has 1 aliphatic heterocycles. The van der Waals surface area contributed by atoms with Crippen molar-refractivity contribution in [3.8, 4) is 0 Å². The Bertz CT molecular complexity index is 991. The number of aromatic nitrogens is 3. The average Bonchev–Trinajstić information content (AvgIpc) is 3.19. The van der Waals surface area contributed by atoms with E-state index >= 15 is 0 Å². The van der Waals surface area contributed by atoms with Gasteiger partial charge in [0.05, 0.1) is 6.20 Å². The molecule has 0 spiro atoms. The van der Waals surface area contributed by atoms with Crippen LogP contribution in [0.1, 0.15) is 38.2 Å². The minimum atomic E-state index is 0.361. The highest BCUT2D eigenvalue weighted by Crippen LogP contribution is 2.28. The molecule has 0 radical (unpaired) electrons. The van der Waals surface area contributed by atoms with E-state index in [4.69, 9.17) is 4.98 Å². The number of nitrogens with zero attached hydrogens (tertiary/aromatic N) is 4. The van der Waals surface area contributed by atoms with Crippen LogP contribution in [0.15, 0.2) is 41.4 Å². The predicted molar refractivity (Wildman–Crippen MR) is 130 cm³/mol. The molecule has 0 aliphatic carbocycles. The van der Waals surface area contributed by atoms with E-state index in [0.29, 0.717) is 11.8 Å². The van der Waals surface area contributed by atoms with Gasteiger partial charge in [-0.05, 0) is 88.1 Å². The first-order chi connectivity index (χ1) is 15.0. The summed E-state index contributed by atoms with van der Waals surface area (Å²) >= 11 is 1.71. The maximum atomic E-state index is 4.91. The van der Waals surface area contributed by atoms with E-state index in [9.17, 15) is 0 Å². The maximum absolute atomic E-state index is 4.91. The second-order valence-electron chi connectivity index (χ2n) is 8.64. The highest BCUT2D eigenvalue weighted by molar-refractivity contribution is 7.97. The summed E-state index contributed by atoms with van der Waals surface area (Å²) in [6.07, 6.45) is 4.36. The molecule has 0 saturated carbocycles. The van der Waals surface area contributed by atoms with E-state index < -0.39 is 0 Å². The van der Waals surface area contributed by atoms with Crippen molar-refractivity contribution in [1.82, 2.24) is 24.2 Å². The Labute approximate surface area is 189 Å². The Kier molecular flexibility index (Phi) is 6.99. The summed E-state index contributed by atoms with van der Waals surface area (Å²) in [4.78, 5) is 6.12. The van der Waals surface area contributed by atoms with Crippen molar-refractivity contribution in [2.24, 2.45) is 5.92 Å². The monoisotopic (exact) mass is 439 g/mol. The van der Waals surface area contributed by atoms with Crippen LogP contribution in [0.2, 0.25) is 0 Å². The zero-order chi connectivity index (χ0) is 21.8. The third-order valence-corrected chi connectivity index (χ3v) is 6.41. The van der Waals surface area contributed by atoms with Crippen molar-refractivity contribution in [1.29, 1.82) is 0 Å². The SMILES string of the molecule is CC(C)c1cnn2c(Nc3ccc(SN(C)C)cc3)cc(NCC3CCNCC3)nc12. The first-order valence-electron chi connectivity index (χ1n) is 11.0. The van der Waals surface area contributed by atoms with Crippen LogP contribution in [0.5, 0.6) is 0 Å². The van der Waals surface area contributed by atoms with Gasteiger partial charge in [-0.3, -0.25) is 4.31 Å². The molecule has 2 aromatic heterocycles. The first kappa shape index (κ1) is 21.9. The zero-order valence-corrected chi connectivity index (χ0v) is 19.7. The van der Waals surface area contributed by atoms with Crippen LogP contribution >= 0.6 is 11.9 Å². The maximum Gasteiger partial charge on any atom is 0.163 e. The molecule has 0 unspecified atom stereocenters. The topological polar surface area (TPSA) is 69.5 Å². The summed E-state index contributed by atoms with van der Waals surface area (Å²) in [7, 11) is 4.10. The van der Waals surface area contributed by atoms with Gasteiger partial charge < -0.3 is 16.0 Å². The molecule has 0 amide bonds. The van der Waals surface area contributed by atoms with Crippen LogP contribution < -0.4 is 16.0 Å². The second-order valence-corrected chi connectivity index (χ2v) is 10.0. The van der Waals surface area contributed by atoms with Gasteiger partial charge in [-0.2, -0.15) is 9.61 Å². The summed E-state index contributed by atoms with van der Waals surface area (Å²) in [5.41, 5.74) is 3.10. The Morgan fingerprint density at radius 2 is 1.94 bits per heavy atom. The lowest BCUT2D eigenvalue weighted by molar-refractivity contribution is 0.389. The van der Waals surface area contributed by atoms with Gasteiger partial charge in [0.2, 0.25) is 0 Å². The van der Waals surface area contributed by atoms with Gasteiger partial charge in [0, 0.05) is 28.8 Å². The van der Waals surface area contributed by atoms with E-state index in [2.05, 4.69) is 69.5 Å². The van der Waals surface area contributed by atoms with Crippen molar-refractivity contribution in [2.45, 2.75) is 37.5 Å². The van der Waals surface area contributed by atoms with E-state index in [0.717, 1.165) is 48.2 Å². The largest absolute Gasteiger partial charge is 0.370 e. The molecule has 31 heavy (non-hydrogen) atoms. The summed E-state index contributed by atoms with van der Waals surface area (Å²) < 4.78 is 4.00. The van der Waals surface area contributed by atoms with Gasteiger partial charge >= 0.3 is 0 Å². The van der Waals surface area contributed by atoms with E-state index in [1.165, 1.54) is 17.7 Å². The number of fused-ring (bicyclic) bond motifs is 1. The highest BCUT2D eigenvalue weighted by Gasteiger charge is 2.16. The fourth-order valence-corrected chi connectivity index (χ4v) is 4.54. The van der Waals surface area contributed by atoms with Crippen molar-refractivity contribution in [3.63, 3.8) is 0 Å². The molecule has 7 nitrogen and oxygen atoms in total. The number of hydrogen-bond donors (Lipinski definition) is 3. The Balaban J connectivity index is 1.59. The average molecular weight is 440 g/mol. The number of rotatable bonds is 8. The molecule has 1 saturated heterocycles. The fraction of sp³-hybridized carbons (Fsp3) is 0.478. The van der Waals surface area contributed by atoms with Gasteiger partial charge in [-0.25, -0.2) is 4.98 Å². The molecule has 166 valence electrons. The van der Waals surface area contributed by atoms with Crippen LogP contribution in [0.4, 0.5) is 17.3 Å². The smallest absolute Gasteiger partial charge is 0.163 e. The van der Waals surface area contributed by atoms with Crippen LogP contribution in [0.3, 0.4) is 0 Å². The zero-order valence-electron chi connectivity index (χ0n) is 18.9. The van der Waals surface area contributed by atoms with Crippen LogP contribution in [0.25, 0.3) is 5.65 Å². The Morgan fingerprint density at radius 3 is 2.61 bits per heavy atom. The quantitative estimate of drug-likeness (QED) is 0.444. The van der Waals surface area contributed by atoms with Crippen LogP contribution in [0, 0.1) is 5.92 Å². The first-order valence-corrected chi connectivity index (χ1v) is 11.8. The summed E-state index contributed by atoms with van der Waals surface area (Å²) in [5.74, 6) is 2.86. The number of nitrogens with one attached hydrogen (secondary N) is 3. The van der Waals surface area contributed by atoms with Crippen molar-refractivity contribution >= 4 is 34.9 Å². The number of hydrogen-bond acceptors (Lipinski definition) is 7. The normalized spacial score (nSPS) is 15.2. The molecular formula is C23H33N7S. The van der Waals surface area contributed by atoms with E-state index in [1.54, 1.807) is 11.9 Å². The molecule has 0 atom stereocenters. The fourth-order valence-electron chi connectivity index (χ4n) is 3.86. The summed E-state index contributed by atoms with van der Waals surface area (Å²) in [6, 6.07) is 10.5.